The van der Waals surface area contributed by atoms with Gasteiger partial charge in [0.15, 0.2) is 0 Å². The van der Waals surface area contributed by atoms with Gasteiger partial charge in [-0.3, -0.25) is 4.18 Å². The van der Waals surface area contributed by atoms with Gasteiger partial charge in [0, 0.05) is 0 Å². The van der Waals surface area contributed by atoms with Gasteiger partial charge in [-0.25, -0.2) is 0 Å². The van der Waals surface area contributed by atoms with E-state index < -0.39 is 10.1 Å². The first kappa shape index (κ1) is 14.9. The van der Waals surface area contributed by atoms with Crippen LogP contribution in [0.5, 0.6) is 0 Å². The molecule has 1 aromatic rings. The Morgan fingerprint density at radius 2 is 1.94 bits per heavy atom. The van der Waals surface area contributed by atoms with Gasteiger partial charge in [0.25, 0.3) is 10.1 Å². The normalized spacial score (nSPS) is 13.2. The number of hydrogen-bond acceptors (Lipinski definition) is 3. The van der Waals surface area contributed by atoms with Crippen molar-refractivity contribution >= 4 is 10.1 Å². The van der Waals surface area contributed by atoms with Crippen LogP contribution in [-0.2, 0) is 14.3 Å². The zero-order valence-electron chi connectivity index (χ0n) is 10.9. The highest BCUT2D eigenvalue weighted by atomic mass is 32.2. The number of aryl methyl sites for hydroxylation is 1. The molecule has 1 rings (SSSR count). The first-order valence-electron chi connectivity index (χ1n) is 6.04. The minimum atomic E-state index is -3.61. The zero-order chi connectivity index (χ0) is 13.6. The fourth-order valence-corrected chi connectivity index (χ4v) is 2.41. The lowest BCUT2D eigenvalue weighted by Gasteiger charge is -2.07. The van der Waals surface area contributed by atoms with Crippen molar-refractivity contribution in [1.29, 1.82) is 0 Å². The minimum absolute atomic E-state index is 0.213. The maximum absolute atomic E-state index is 11.8. The van der Waals surface area contributed by atoms with Crippen molar-refractivity contribution in [2.45, 2.75) is 31.6 Å². The molecule has 0 fully saturated rings. The first-order valence-corrected chi connectivity index (χ1v) is 7.45. The summed E-state index contributed by atoms with van der Waals surface area (Å²) in [6.45, 7) is 7.86. The molecule has 3 nitrogen and oxygen atoms in total. The summed E-state index contributed by atoms with van der Waals surface area (Å²) < 4.78 is 28.6. The molecular formula is C14H20O3S. The summed E-state index contributed by atoms with van der Waals surface area (Å²) in [5, 5.41) is 0. The molecule has 1 aromatic carbocycles. The molecule has 1 unspecified atom stereocenters. The highest BCUT2D eigenvalue weighted by molar-refractivity contribution is 7.86. The van der Waals surface area contributed by atoms with E-state index in [2.05, 4.69) is 6.58 Å². The third-order valence-electron chi connectivity index (χ3n) is 2.75. The largest absolute Gasteiger partial charge is 0.296 e. The lowest BCUT2D eigenvalue weighted by atomic mass is 10.1. The molecular weight excluding hydrogens is 248 g/mol. The maximum atomic E-state index is 11.8. The van der Waals surface area contributed by atoms with Crippen LogP contribution in [0.3, 0.4) is 0 Å². The van der Waals surface area contributed by atoms with Gasteiger partial charge in [-0.15, -0.1) is 6.58 Å². The third kappa shape index (κ3) is 4.63. The van der Waals surface area contributed by atoms with E-state index in [9.17, 15) is 8.42 Å². The predicted octanol–water partition coefficient (Wildman–Crippen LogP) is 3.30. The van der Waals surface area contributed by atoms with Crippen molar-refractivity contribution in [3.8, 4) is 0 Å². The molecule has 0 heterocycles. The Bertz CT molecular complexity index is 474. The number of benzene rings is 1. The van der Waals surface area contributed by atoms with Crippen molar-refractivity contribution < 1.29 is 12.6 Å². The summed E-state index contributed by atoms with van der Waals surface area (Å²) in [5.74, 6) is 0.385. The molecule has 0 saturated carbocycles. The van der Waals surface area contributed by atoms with Gasteiger partial charge in [-0.05, 0) is 37.8 Å². The van der Waals surface area contributed by atoms with E-state index in [1.807, 2.05) is 19.9 Å². The summed E-state index contributed by atoms with van der Waals surface area (Å²) in [4.78, 5) is 0.213. The second kappa shape index (κ2) is 6.71. The number of hydrogen-bond donors (Lipinski definition) is 0. The van der Waals surface area contributed by atoms with Crippen LogP contribution in [0.25, 0.3) is 0 Å². The highest BCUT2D eigenvalue weighted by Gasteiger charge is 2.14. The molecule has 0 aliphatic rings. The molecule has 0 amide bonds. The molecule has 100 valence electrons. The van der Waals surface area contributed by atoms with Gasteiger partial charge >= 0.3 is 0 Å². The SMILES string of the molecule is C=CC(C)CCCOS(=O)(=O)c1ccc(C)cc1. The van der Waals surface area contributed by atoms with E-state index in [4.69, 9.17) is 4.18 Å². The maximum Gasteiger partial charge on any atom is 0.296 e. The fourth-order valence-electron chi connectivity index (χ4n) is 1.46. The third-order valence-corrected chi connectivity index (χ3v) is 4.08. The van der Waals surface area contributed by atoms with Crippen LogP contribution >= 0.6 is 0 Å². The Balaban J connectivity index is 2.50. The standard InChI is InChI=1S/C14H20O3S/c1-4-12(2)6-5-11-17-18(15,16)14-9-7-13(3)8-10-14/h4,7-10,12H,1,5-6,11H2,2-3H3. The fraction of sp³-hybridized carbons (Fsp3) is 0.429. The van der Waals surface area contributed by atoms with Crippen molar-refractivity contribution in [2.75, 3.05) is 6.61 Å². The van der Waals surface area contributed by atoms with E-state index in [-0.39, 0.29) is 11.5 Å². The van der Waals surface area contributed by atoms with Crippen LogP contribution in [-0.4, -0.2) is 15.0 Å². The molecule has 0 aliphatic carbocycles. The second-order valence-electron chi connectivity index (χ2n) is 4.44. The van der Waals surface area contributed by atoms with E-state index in [1.165, 1.54) is 0 Å². The van der Waals surface area contributed by atoms with E-state index in [0.29, 0.717) is 12.3 Å². The molecule has 0 aromatic heterocycles. The summed E-state index contributed by atoms with van der Waals surface area (Å²) in [7, 11) is -3.61. The molecule has 0 radical (unpaired) electrons. The summed E-state index contributed by atoms with van der Waals surface area (Å²) in [6, 6.07) is 6.65. The molecule has 18 heavy (non-hydrogen) atoms. The van der Waals surface area contributed by atoms with E-state index in [1.54, 1.807) is 24.3 Å². The van der Waals surface area contributed by atoms with Crippen LogP contribution in [0.2, 0.25) is 0 Å². The Kier molecular flexibility index (Phi) is 5.56. The smallest absolute Gasteiger partial charge is 0.266 e. The van der Waals surface area contributed by atoms with Gasteiger partial charge in [0.2, 0.25) is 0 Å². The predicted molar refractivity (Wildman–Crippen MR) is 72.9 cm³/mol. The van der Waals surface area contributed by atoms with Crippen LogP contribution in [0.15, 0.2) is 41.8 Å². The number of allylic oxidation sites excluding steroid dienone is 1. The topological polar surface area (TPSA) is 43.4 Å². The second-order valence-corrected chi connectivity index (χ2v) is 6.06. The van der Waals surface area contributed by atoms with E-state index in [0.717, 1.165) is 12.0 Å². The van der Waals surface area contributed by atoms with Crippen molar-refractivity contribution in [3.05, 3.63) is 42.5 Å². The average molecular weight is 268 g/mol. The Morgan fingerprint density at radius 3 is 2.50 bits per heavy atom. The number of rotatable bonds is 7. The van der Waals surface area contributed by atoms with Gasteiger partial charge in [0.1, 0.15) is 0 Å². The summed E-state index contributed by atoms with van der Waals surface area (Å²) >= 11 is 0. The van der Waals surface area contributed by atoms with Crippen molar-refractivity contribution in [3.63, 3.8) is 0 Å². The molecule has 0 saturated heterocycles. The van der Waals surface area contributed by atoms with Gasteiger partial charge in [-0.1, -0.05) is 30.7 Å². The van der Waals surface area contributed by atoms with Gasteiger partial charge < -0.3 is 0 Å². The van der Waals surface area contributed by atoms with E-state index >= 15 is 0 Å². The van der Waals surface area contributed by atoms with Gasteiger partial charge in [0.05, 0.1) is 11.5 Å². The molecule has 0 aliphatic heterocycles. The van der Waals surface area contributed by atoms with Crippen LogP contribution in [0.4, 0.5) is 0 Å². The summed E-state index contributed by atoms with van der Waals surface area (Å²) in [6.07, 6.45) is 3.44. The quantitative estimate of drug-likeness (QED) is 0.433. The molecule has 0 bridgehead atoms. The van der Waals surface area contributed by atoms with Crippen molar-refractivity contribution in [2.24, 2.45) is 5.92 Å². The molecule has 4 heteroatoms. The molecule has 0 spiro atoms. The minimum Gasteiger partial charge on any atom is -0.266 e. The highest BCUT2D eigenvalue weighted by Crippen LogP contribution is 2.14. The first-order chi connectivity index (χ1) is 8.45. The van der Waals surface area contributed by atoms with Gasteiger partial charge in [-0.2, -0.15) is 8.42 Å². The molecule has 1 atom stereocenters. The van der Waals surface area contributed by atoms with Crippen LogP contribution in [0.1, 0.15) is 25.3 Å². The zero-order valence-corrected chi connectivity index (χ0v) is 11.7. The van der Waals surface area contributed by atoms with Crippen LogP contribution < -0.4 is 0 Å². The Hall–Kier alpha value is -1.13. The Labute approximate surface area is 110 Å². The average Bonchev–Trinajstić information content (AvgIpc) is 2.35. The monoisotopic (exact) mass is 268 g/mol. The molecule has 0 N–H and O–H groups in total. The lowest BCUT2D eigenvalue weighted by Crippen LogP contribution is -2.08. The summed E-state index contributed by atoms with van der Waals surface area (Å²) in [5.41, 5.74) is 1.02. The lowest BCUT2D eigenvalue weighted by molar-refractivity contribution is 0.303. The van der Waals surface area contributed by atoms with Crippen LogP contribution in [0, 0.1) is 12.8 Å². The Morgan fingerprint density at radius 1 is 1.33 bits per heavy atom. The van der Waals surface area contributed by atoms with Crippen molar-refractivity contribution in [1.82, 2.24) is 0 Å².